The van der Waals surface area contributed by atoms with E-state index in [2.05, 4.69) is 0 Å². The van der Waals surface area contributed by atoms with Crippen molar-refractivity contribution in [2.24, 2.45) is 5.73 Å². The van der Waals surface area contributed by atoms with Crippen molar-refractivity contribution in [3.8, 4) is 0 Å². The van der Waals surface area contributed by atoms with Gasteiger partial charge in [-0.15, -0.1) is 0 Å². The summed E-state index contributed by atoms with van der Waals surface area (Å²) in [6.45, 7) is 2.37. The summed E-state index contributed by atoms with van der Waals surface area (Å²) in [5, 5.41) is 9.26. The molecule has 0 unspecified atom stereocenters. The van der Waals surface area contributed by atoms with Crippen LogP contribution in [0.5, 0.6) is 0 Å². The topological polar surface area (TPSA) is 46.2 Å². The van der Waals surface area contributed by atoms with Crippen molar-refractivity contribution in [2.75, 3.05) is 6.54 Å². The first-order valence-electron chi connectivity index (χ1n) is 4.16. The number of rotatable bonds is 3. The number of aliphatic hydroxyl groups is 1. The second-order valence-electron chi connectivity index (χ2n) is 3.08. The highest BCUT2D eigenvalue weighted by Gasteiger charge is 2.01. The van der Waals surface area contributed by atoms with Gasteiger partial charge in [-0.1, -0.05) is 29.8 Å². The highest BCUT2D eigenvalue weighted by Crippen LogP contribution is 2.05. The van der Waals surface area contributed by atoms with E-state index < -0.39 is 6.10 Å². The third-order valence-electron chi connectivity index (χ3n) is 1.86. The first kappa shape index (κ1) is 9.23. The third kappa shape index (κ3) is 2.64. The fourth-order valence-corrected chi connectivity index (χ4v) is 1.08. The van der Waals surface area contributed by atoms with Crippen LogP contribution in [0.25, 0.3) is 0 Å². The quantitative estimate of drug-likeness (QED) is 0.697. The van der Waals surface area contributed by atoms with Gasteiger partial charge in [0.05, 0.1) is 6.10 Å². The molecule has 0 radical (unpaired) electrons. The van der Waals surface area contributed by atoms with E-state index in [4.69, 9.17) is 5.73 Å². The molecule has 0 aliphatic rings. The van der Waals surface area contributed by atoms with E-state index in [1.165, 1.54) is 5.56 Å². The molecule has 0 saturated carbocycles. The van der Waals surface area contributed by atoms with Crippen LogP contribution < -0.4 is 5.73 Å². The predicted octanol–water partition coefficient (Wildman–Crippen LogP) is 0.857. The van der Waals surface area contributed by atoms with Gasteiger partial charge in [-0.2, -0.15) is 0 Å². The third-order valence-corrected chi connectivity index (χ3v) is 1.86. The van der Waals surface area contributed by atoms with Crippen LogP contribution in [-0.2, 0) is 6.42 Å². The van der Waals surface area contributed by atoms with Gasteiger partial charge in [0.25, 0.3) is 0 Å². The highest BCUT2D eigenvalue weighted by molar-refractivity contribution is 5.21. The molecule has 1 aromatic carbocycles. The summed E-state index contributed by atoms with van der Waals surface area (Å²) in [7, 11) is 0. The van der Waals surface area contributed by atoms with Crippen LogP contribution >= 0.6 is 0 Å². The lowest BCUT2D eigenvalue weighted by atomic mass is 10.1. The molecule has 12 heavy (non-hydrogen) atoms. The zero-order valence-corrected chi connectivity index (χ0v) is 7.33. The van der Waals surface area contributed by atoms with Crippen molar-refractivity contribution in [3.63, 3.8) is 0 Å². The molecule has 1 rings (SSSR count). The number of hydrogen-bond donors (Lipinski definition) is 2. The van der Waals surface area contributed by atoms with Gasteiger partial charge in [0.2, 0.25) is 0 Å². The summed E-state index contributed by atoms with van der Waals surface area (Å²) in [5.41, 5.74) is 7.67. The molecular weight excluding hydrogens is 150 g/mol. The fourth-order valence-electron chi connectivity index (χ4n) is 1.08. The summed E-state index contributed by atoms with van der Waals surface area (Å²) in [5.74, 6) is 0. The predicted molar refractivity (Wildman–Crippen MR) is 49.9 cm³/mol. The van der Waals surface area contributed by atoms with Crippen LogP contribution in [0.3, 0.4) is 0 Å². The maximum Gasteiger partial charge on any atom is 0.0702 e. The number of aliphatic hydroxyl groups excluding tert-OH is 1. The zero-order chi connectivity index (χ0) is 8.97. The van der Waals surface area contributed by atoms with E-state index in [-0.39, 0.29) is 0 Å². The summed E-state index contributed by atoms with van der Waals surface area (Å²) in [6.07, 6.45) is 0.240. The maximum atomic E-state index is 9.26. The highest BCUT2D eigenvalue weighted by atomic mass is 16.3. The Balaban J connectivity index is 2.58. The number of hydrogen-bond acceptors (Lipinski definition) is 2. The minimum Gasteiger partial charge on any atom is -0.391 e. The Morgan fingerprint density at radius 3 is 2.42 bits per heavy atom. The largest absolute Gasteiger partial charge is 0.391 e. The molecule has 2 heteroatoms. The molecule has 3 N–H and O–H groups in total. The summed E-state index contributed by atoms with van der Waals surface area (Å²) in [6, 6.07) is 8.12. The van der Waals surface area contributed by atoms with E-state index in [0.29, 0.717) is 13.0 Å². The van der Waals surface area contributed by atoms with E-state index in [9.17, 15) is 5.11 Å². The van der Waals surface area contributed by atoms with Gasteiger partial charge in [-0.25, -0.2) is 0 Å². The number of benzene rings is 1. The van der Waals surface area contributed by atoms with Crippen molar-refractivity contribution in [1.82, 2.24) is 0 Å². The van der Waals surface area contributed by atoms with Crippen molar-refractivity contribution in [2.45, 2.75) is 19.4 Å². The number of aryl methyl sites for hydroxylation is 1. The van der Waals surface area contributed by atoms with Gasteiger partial charge in [0.15, 0.2) is 0 Å². The lowest BCUT2D eigenvalue weighted by Crippen LogP contribution is -2.21. The Bertz CT molecular complexity index is 230. The smallest absolute Gasteiger partial charge is 0.0702 e. The lowest BCUT2D eigenvalue weighted by molar-refractivity contribution is 0.183. The van der Waals surface area contributed by atoms with Crippen LogP contribution in [0.1, 0.15) is 11.1 Å². The first-order valence-corrected chi connectivity index (χ1v) is 4.16. The van der Waals surface area contributed by atoms with Crippen LogP contribution in [-0.4, -0.2) is 17.8 Å². The van der Waals surface area contributed by atoms with E-state index in [1.807, 2.05) is 31.2 Å². The molecule has 0 heterocycles. The normalized spacial score (nSPS) is 12.9. The molecule has 2 nitrogen and oxygen atoms in total. The van der Waals surface area contributed by atoms with Crippen LogP contribution in [0.15, 0.2) is 24.3 Å². The Morgan fingerprint density at radius 2 is 1.92 bits per heavy atom. The minimum atomic E-state index is -0.410. The molecule has 0 aliphatic heterocycles. The van der Waals surface area contributed by atoms with E-state index in [0.717, 1.165) is 5.56 Å². The zero-order valence-electron chi connectivity index (χ0n) is 7.33. The molecule has 66 valence electrons. The SMILES string of the molecule is Cc1ccc(C[C@H](O)CN)cc1. The average Bonchev–Trinajstić information content (AvgIpc) is 2.09. The summed E-state index contributed by atoms with van der Waals surface area (Å²) < 4.78 is 0. The molecule has 1 atom stereocenters. The number of nitrogens with two attached hydrogens (primary N) is 1. The first-order chi connectivity index (χ1) is 5.72. The van der Waals surface area contributed by atoms with Gasteiger partial charge in [-0.05, 0) is 18.9 Å². The van der Waals surface area contributed by atoms with Gasteiger partial charge in [0.1, 0.15) is 0 Å². The van der Waals surface area contributed by atoms with Gasteiger partial charge in [-0.3, -0.25) is 0 Å². The Hall–Kier alpha value is -0.860. The molecule has 0 aliphatic carbocycles. The Kier molecular flexibility index (Phi) is 3.26. The monoisotopic (exact) mass is 165 g/mol. The van der Waals surface area contributed by atoms with Crippen LogP contribution in [0.4, 0.5) is 0 Å². The van der Waals surface area contributed by atoms with Crippen molar-refractivity contribution in [1.29, 1.82) is 0 Å². The van der Waals surface area contributed by atoms with Crippen molar-refractivity contribution in [3.05, 3.63) is 35.4 Å². The van der Waals surface area contributed by atoms with Gasteiger partial charge >= 0.3 is 0 Å². The molecular formula is C10H15NO. The molecule has 0 aromatic heterocycles. The van der Waals surface area contributed by atoms with Crippen molar-refractivity contribution >= 4 is 0 Å². The molecule has 0 amide bonds. The Labute approximate surface area is 73.0 Å². The van der Waals surface area contributed by atoms with E-state index in [1.54, 1.807) is 0 Å². The van der Waals surface area contributed by atoms with Gasteiger partial charge in [0, 0.05) is 6.54 Å². The second-order valence-corrected chi connectivity index (χ2v) is 3.08. The Morgan fingerprint density at radius 1 is 1.33 bits per heavy atom. The van der Waals surface area contributed by atoms with Crippen molar-refractivity contribution < 1.29 is 5.11 Å². The average molecular weight is 165 g/mol. The summed E-state index contributed by atoms with van der Waals surface area (Å²) in [4.78, 5) is 0. The van der Waals surface area contributed by atoms with Gasteiger partial charge < -0.3 is 10.8 Å². The molecule has 0 saturated heterocycles. The maximum absolute atomic E-state index is 9.26. The van der Waals surface area contributed by atoms with Crippen LogP contribution in [0, 0.1) is 6.92 Å². The second kappa shape index (κ2) is 4.24. The molecule has 0 bridgehead atoms. The van der Waals surface area contributed by atoms with Crippen LogP contribution in [0.2, 0.25) is 0 Å². The summed E-state index contributed by atoms with van der Waals surface area (Å²) >= 11 is 0. The molecule has 0 fully saturated rings. The fraction of sp³-hybridized carbons (Fsp3) is 0.400. The lowest BCUT2D eigenvalue weighted by Gasteiger charge is -2.07. The molecule has 0 spiro atoms. The standard InChI is InChI=1S/C10H15NO/c1-8-2-4-9(5-3-8)6-10(12)7-11/h2-5,10,12H,6-7,11H2,1H3/t10-/m0/s1. The minimum absolute atomic E-state index is 0.327. The molecule has 1 aromatic rings. The van der Waals surface area contributed by atoms with E-state index >= 15 is 0 Å².